The van der Waals surface area contributed by atoms with Crippen LogP contribution in [0.4, 0.5) is 34.3 Å². The lowest BCUT2D eigenvalue weighted by Crippen LogP contribution is -2.60. The number of likely N-dealkylation sites (N-methyl/N-ethyl adjacent to an activating group) is 1. The van der Waals surface area contributed by atoms with E-state index in [1.54, 1.807) is 0 Å². The monoisotopic (exact) mass is 627 g/mol. The Hall–Kier alpha value is -3.80. The first-order valence-corrected chi connectivity index (χ1v) is 15.6. The molecule has 2 aliphatic rings. The molecule has 0 radical (unpaired) electrons. The number of alkyl halides is 3. The van der Waals surface area contributed by atoms with Gasteiger partial charge in [-0.15, -0.1) is 11.3 Å². The lowest BCUT2D eigenvalue weighted by Gasteiger charge is -2.45. The quantitative estimate of drug-likeness (QED) is 0.266. The van der Waals surface area contributed by atoms with Crippen LogP contribution in [-0.4, -0.2) is 77.7 Å². The van der Waals surface area contributed by atoms with Gasteiger partial charge in [0.2, 0.25) is 5.95 Å². The number of fused-ring (bicyclic) bond motifs is 2. The van der Waals surface area contributed by atoms with E-state index in [0.717, 1.165) is 36.9 Å². The number of benzene rings is 1. The second-order valence-electron chi connectivity index (χ2n) is 11.1. The van der Waals surface area contributed by atoms with Gasteiger partial charge in [-0.2, -0.15) is 23.4 Å². The summed E-state index contributed by atoms with van der Waals surface area (Å²) < 4.78 is 60.4. The molecule has 2 fully saturated rings. The molecular formula is C30H33F4N9S. The fraction of sp³-hybridized carbons (Fsp3) is 0.467. The van der Waals surface area contributed by atoms with Crippen LogP contribution in [0.3, 0.4) is 0 Å². The molecule has 5 heterocycles. The van der Waals surface area contributed by atoms with Crippen molar-refractivity contribution in [2.24, 2.45) is 0 Å². The molecule has 2 aliphatic heterocycles. The summed E-state index contributed by atoms with van der Waals surface area (Å²) in [5.41, 5.74) is 4.13. The van der Waals surface area contributed by atoms with E-state index in [9.17, 15) is 9.65 Å². The summed E-state index contributed by atoms with van der Waals surface area (Å²) in [6, 6.07) is 4.65. The van der Waals surface area contributed by atoms with E-state index >= 15 is 13.2 Å². The van der Waals surface area contributed by atoms with Crippen molar-refractivity contribution >= 4 is 49.1 Å². The van der Waals surface area contributed by atoms with Gasteiger partial charge < -0.3 is 20.9 Å². The Labute approximate surface area is 256 Å². The van der Waals surface area contributed by atoms with Gasteiger partial charge in [0.05, 0.1) is 26.9 Å². The van der Waals surface area contributed by atoms with Gasteiger partial charge in [0, 0.05) is 62.0 Å². The Kier molecular flexibility index (Phi) is 7.98. The van der Waals surface area contributed by atoms with Crippen LogP contribution in [0.25, 0.3) is 32.2 Å². The molecule has 1 atom stereocenters. The summed E-state index contributed by atoms with van der Waals surface area (Å²) in [6.07, 6.45) is -2.66. The van der Waals surface area contributed by atoms with Gasteiger partial charge in [-0.05, 0) is 31.6 Å². The first kappa shape index (κ1) is 30.2. The average Bonchev–Trinajstić information content (AvgIpc) is 3.33. The fourth-order valence-electron chi connectivity index (χ4n) is 6.30. The number of nitrogen functional groups attached to an aromatic ring is 1. The van der Waals surface area contributed by atoms with Gasteiger partial charge in [-0.25, -0.2) is 9.37 Å². The second-order valence-corrected chi connectivity index (χ2v) is 12.2. The van der Waals surface area contributed by atoms with E-state index < -0.39 is 23.3 Å². The number of rotatable bonds is 7. The van der Waals surface area contributed by atoms with Crippen molar-refractivity contribution < 1.29 is 17.6 Å². The van der Waals surface area contributed by atoms with Crippen LogP contribution in [0.15, 0.2) is 18.3 Å². The molecule has 232 valence electrons. The number of halogens is 4. The highest BCUT2D eigenvalue weighted by atomic mass is 32.1. The van der Waals surface area contributed by atoms with Gasteiger partial charge >= 0.3 is 6.18 Å². The number of nitrogens with two attached hydrogens (primary N) is 1. The van der Waals surface area contributed by atoms with Crippen LogP contribution < -0.4 is 20.9 Å². The van der Waals surface area contributed by atoms with E-state index in [0.29, 0.717) is 38.5 Å². The maximum atomic E-state index is 15.2. The molecule has 0 bridgehead atoms. The minimum Gasteiger partial charge on any atom is -0.389 e. The van der Waals surface area contributed by atoms with Crippen LogP contribution >= 0.6 is 11.3 Å². The van der Waals surface area contributed by atoms with Crippen molar-refractivity contribution in [3.63, 3.8) is 0 Å². The van der Waals surface area contributed by atoms with Crippen molar-refractivity contribution in [3.8, 4) is 17.3 Å². The minimum atomic E-state index is -4.88. The lowest BCUT2D eigenvalue weighted by atomic mass is 9.97. The summed E-state index contributed by atoms with van der Waals surface area (Å²) in [7, 11) is 0. The molecule has 14 heteroatoms. The summed E-state index contributed by atoms with van der Waals surface area (Å²) in [6.45, 7) is 11.0. The van der Waals surface area contributed by atoms with Crippen LogP contribution in [0.5, 0.6) is 0 Å². The number of nitriles is 1. The topological polar surface area (TPSA) is 110 Å². The molecule has 9 nitrogen and oxygen atoms in total. The zero-order valence-electron chi connectivity index (χ0n) is 24.7. The smallest absolute Gasteiger partial charge is 0.389 e. The van der Waals surface area contributed by atoms with Gasteiger partial charge in [0.25, 0.3) is 0 Å². The minimum absolute atomic E-state index is 0.00471. The first-order chi connectivity index (χ1) is 21.1. The normalized spacial score (nSPS) is 17.9. The zero-order valence-corrected chi connectivity index (χ0v) is 25.5. The Balaban J connectivity index is 1.60. The largest absolute Gasteiger partial charge is 0.420 e. The lowest BCUT2D eigenvalue weighted by molar-refractivity contribution is -0.136. The van der Waals surface area contributed by atoms with E-state index in [1.807, 2.05) is 15.9 Å². The maximum absolute atomic E-state index is 15.2. The predicted octanol–water partition coefficient (Wildman–Crippen LogP) is 5.24. The number of piperazine rings is 1. The third kappa shape index (κ3) is 5.06. The highest BCUT2D eigenvalue weighted by Crippen LogP contribution is 2.46. The summed E-state index contributed by atoms with van der Waals surface area (Å²) in [4.78, 5) is 20.0. The van der Waals surface area contributed by atoms with E-state index in [1.165, 1.54) is 12.3 Å². The highest BCUT2D eigenvalue weighted by molar-refractivity contribution is 7.23. The standard InChI is InChI=1S/C30H33F4N9S/c1-4-16-13-42(10-9-37-16)28-20-12-38-24(18-7-8-21(31)26-22(18)19(11-35)27(36)44-26)23(30(32,33)34)25(20)39-29(40-28)43-14-17(15-43)41(5-2)6-3/h7-8,12,16-17,37H,4-6,9-10,13-15,36H2,1-3H3. The molecule has 3 aromatic heterocycles. The maximum Gasteiger partial charge on any atom is 0.420 e. The Bertz CT molecular complexity index is 1760. The van der Waals surface area contributed by atoms with Gasteiger partial charge in [0.15, 0.2) is 0 Å². The number of anilines is 3. The van der Waals surface area contributed by atoms with Crippen molar-refractivity contribution in [3.05, 3.63) is 35.3 Å². The highest BCUT2D eigenvalue weighted by Gasteiger charge is 2.41. The van der Waals surface area contributed by atoms with Crippen LogP contribution in [0.2, 0.25) is 0 Å². The van der Waals surface area contributed by atoms with Gasteiger partial charge in [-0.1, -0.05) is 20.8 Å². The van der Waals surface area contributed by atoms with Crippen LogP contribution in [0.1, 0.15) is 38.3 Å². The molecule has 0 amide bonds. The molecule has 3 N–H and O–H groups in total. The Morgan fingerprint density at radius 2 is 1.89 bits per heavy atom. The fourth-order valence-corrected chi connectivity index (χ4v) is 7.24. The number of nitrogens with one attached hydrogen (secondary N) is 1. The van der Waals surface area contributed by atoms with Gasteiger partial charge in [0.1, 0.15) is 28.3 Å². The number of thiophene rings is 1. The molecule has 44 heavy (non-hydrogen) atoms. The first-order valence-electron chi connectivity index (χ1n) is 14.8. The SMILES string of the molecule is CCC1CN(c2nc(N3CC(N(CC)CC)C3)nc3c(C(F)(F)F)c(-c4ccc(F)c5sc(N)c(C#N)c45)ncc23)CCN1. The molecule has 0 aliphatic carbocycles. The second kappa shape index (κ2) is 11.6. The van der Waals surface area contributed by atoms with Crippen molar-refractivity contribution in [1.29, 1.82) is 5.26 Å². The number of pyridine rings is 1. The third-order valence-corrected chi connectivity index (χ3v) is 9.73. The number of aromatic nitrogens is 3. The van der Waals surface area contributed by atoms with E-state index in [-0.39, 0.29) is 55.1 Å². The zero-order chi connectivity index (χ0) is 31.3. The summed E-state index contributed by atoms with van der Waals surface area (Å²) in [5.74, 6) is -0.0395. The van der Waals surface area contributed by atoms with E-state index in [4.69, 9.17) is 10.7 Å². The molecule has 1 aromatic carbocycles. The molecule has 2 saturated heterocycles. The predicted molar refractivity (Wildman–Crippen MR) is 165 cm³/mol. The average molecular weight is 628 g/mol. The Morgan fingerprint density at radius 3 is 2.55 bits per heavy atom. The van der Waals surface area contributed by atoms with Crippen molar-refractivity contribution in [1.82, 2.24) is 25.2 Å². The third-order valence-electron chi connectivity index (χ3n) is 8.70. The molecule has 4 aromatic rings. The van der Waals surface area contributed by atoms with E-state index in [2.05, 4.69) is 41.0 Å². The molecule has 1 unspecified atom stereocenters. The van der Waals surface area contributed by atoms with Crippen LogP contribution in [-0.2, 0) is 6.18 Å². The molecule has 0 saturated carbocycles. The van der Waals surface area contributed by atoms with Crippen molar-refractivity contribution in [2.75, 3.05) is 61.3 Å². The summed E-state index contributed by atoms with van der Waals surface area (Å²) >= 11 is 0.825. The summed E-state index contributed by atoms with van der Waals surface area (Å²) in [5, 5.41) is 13.5. The number of hydrogen-bond donors (Lipinski definition) is 2. The molecular weight excluding hydrogens is 594 g/mol. The van der Waals surface area contributed by atoms with Crippen molar-refractivity contribution in [2.45, 2.75) is 45.5 Å². The Morgan fingerprint density at radius 1 is 1.14 bits per heavy atom. The molecule has 6 rings (SSSR count). The number of nitrogens with zero attached hydrogens (tertiary/aromatic N) is 7. The number of hydrogen-bond acceptors (Lipinski definition) is 10. The molecule has 0 spiro atoms. The van der Waals surface area contributed by atoms with Crippen LogP contribution in [0, 0.1) is 17.1 Å². The van der Waals surface area contributed by atoms with Gasteiger partial charge in [-0.3, -0.25) is 9.88 Å².